The van der Waals surface area contributed by atoms with Crippen LogP contribution in [-0.2, 0) is 0 Å². The molecule has 1 aliphatic rings. The van der Waals surface area contributed by atoms with Crippen molar-refractivity contribution >= 4 is 29.2 Å². The van der Waals surface area contributed by atoms with Gasteiger partial charge in [0.15, 0.2) is 0 Å². The van der Waals surface area contributed by atoms with E-state index < -0.39 is 0 Å². The lowest BCUT2D eigenvalue weighted by atomic mass is 9.99. The minimum atomic E-state index is 0.220. The van der Waals surface area contributed by atoms with Crippen LogP contribution < -0.4 is 11.1 Å². The van der Waals surface area contributed by atoms with Gasteiger partial charge in [-0.1, -0.05) is 29.3 Å². The summed E-state index contributed by atoms with van der Waals surface area (Å²) in [4.78, 5) is 16.7. The van der Waals surface area contributed by atoms with Crippen LogP contribution in [0.2, 0.25) is 10.0 Å². The molecule has 1 fully saturated rings. The van der Waals surface area contributed by atoms with Crippen molar-refractivity contribution in [2.75, 3.05) is 18.8 Å². The van der Waals surface area contributed by atoms with Crippen molar-refractivity contribution in [2.24, 2.45) is 0 Å². The SMILES string of the molecule is Nc1nccc(-c2[nH]c(C3CCCNC3)nc2-c2ccc(Cl)c(Cl)c2)n1. The van der Waals surface area contributed by atoms with Gasteiger partial charge in [-0.05, 0) is 37.6 Å². The van der Waals surface area contributed by atoms with Crippen LogP contribution in [-0.4, -0.2) is 33.0 Å². The number of hydrogen-bond donors (Lipinski definition) is 3. The van der Waals surface area contributed by atoms with Crippen molar-refractivity contribution in [1.82, 2.24) is 25.3 Å². The number of aromatic amines is 1. The van der Waals surface area contributed by atoms with Crippen LogP contribution >= 0.6 is 23.2 Å². The minimum absolute atomic E-state index is 0.220. The monoisotopic (exact) mass is 388 g/mol. The number of anilines is 1. The number of aromatic nitrogens is 4. The molecule has 1 aliphatic heterocycles. The van der Waals surface area contributed by atoms with E-state index in [4.69, 9.17) is 33.9 Å². The third kappa shape index (κ3) is 3.40. The molecule has 26 heavy (non-hydrogen) atoms. The number of halogens is 2. The lowest BCUT2D eigenvalue weighted by Gasteiger charge is -2.20. The molecule has 1 atom stereocenters. The van der Waals surface area contributed by atoms with Crippen LogP contribution in [0.15, 0.2) is 30.5 Å². The van der Waals surface area contributed by atoms with Crippen LogP contribution in [0.4, 0.5) is 5.95 Å². The summed E-state index contributed by atoms with van der Waals surface area (Å²) in [6.45, 7) is 1.95. The van der Waals surface area contributed by atoms with E-state index in [2.05, 4.69) is 20.3 Å². The fourth-order valence-corrected chi connectivity index (χ4v) is 3.52. The van der Waals surface area contributed by atoms with E-state index in [-0.39, 0.29) is 5.95 Å². The number of nitrogens with one attached hydrogen (secondary N) is 2. The van der Waals surface area contributed by atoms with Gasteiger partial charge in [0.05, 0.1) is 27.1 Å². The highest BCUT2D eigenvalue weighted by atomic mass is 35.5. The largest absolute Gasteiger partial charge is 0.368 e. The normalized spacial score (nSPS) is 17.4. The second kappa shape index (κ2) is 7.23. The lowest BCUT2D eigenvalue weighted by Crippen LogP contribution is -2.28. The van der Waals surface area contributed by atoms with E-state index >= 15 is 0 Å². The maximum absolute atomic E-state index is 6.22. The van der Waals surface area contributed by atoms with E-state index in [0.717, 1.165) is 48.7 Å². The number of benzene rings is 1. The fraction of sp³-hybridized carbons (Fsp3) is 0.278. The van der Waals surface area contributed by atoms with E-state index in [9.17, 15) is 0 Å². The van der Waals surface area contributed by atoms with Crippen molar-refractivity contribution in [1.29, 1.82) is 0 Å². The summed E-state index contributed by atoms with van der Waals surface area (Å²) in [5.41, 5.74) is 8.93. The van der Waals surface area contributed by atoms with Crippen LogP contribution in [0.1, 0.15) is 24.6 Å². The van der Waals surface area contributed by atoms with Gasteiger partial charge < -0.3 is 16.0 Å². The summed E-state index contributed by atoms with van der Waals surface area (Å²) in [5, 5.41) is 4.42. The van der Waals surface area contributed by atoms with E-state index in [1.165, 1.54) is 0 Å². The molecule has 0 bridgehead atoms. The molecular formula is C18H18Cl2N6. The van der Waals surface area contributed by atoms with Gasteiger partial charge in [-0.25, -0.2) is 15.0 Å². The van der Waals surface area contributed by atoms with E-state index in [1.54, 1.807) is 12.3 Å². The van der Waals surface area contributed by atoms with Crippen LogP contribution in [0.25, 0.3) is 22.6 Å². The first-order chi connectivity index (χ1) is 12.6. The number of hydrogen-bond acceptors (Lipinski definition) is 5. The highest BCUT2D eigenvalue weighted by Crippen LogP contribution is 2.35. The Hall–Kier alpha value is -2.15. The van der Waals surface area contributed by atoms with Gasteiger partial charge in [0.2, 0.25) is 5.95 Å². The zero-order valence-electron chi connectivity index (χ0n) is 14.0. The molecule has 134 valence electrons. The van der Waals surface area contributed by atoms with Gasteiger partial charge >= 0.3 is 0 Å². The molecule has 1 aromatic carbocycles. The molecule has 1 unspecified atom stereocenters. The lowest BCUT2D eigenvalue weighted by molar-refractivity contribution is 0.449. The van der Waals surface area contributed by atoms with E-state index in [1.807, 2.05) is 18.2 Å². The van der Waals surface area contributed by atoms with Gasteiger partial charge in [-0.15, -0.1) is 0 Å². The van der Waals surface area contributed by atoms with Crippen LogP contribution in [0.5, 0.6) is 0 Å². The Morgan fingerprint density at radius 2 is 2.00 bits per heavy atom. The maximum atomic E-state index is 6.22. The first-order valence-electron chi connectivity index (χ1n) is 8.47. The summed E-state index contributed by atoms with van der Waals surface area (Å²) in [7, 11) is 0. The predicted octanol–water partition coefficient (Wildman–Crippen LogP) is 3.89. The molecule has 0 aliphatic carbocycles. The Bertz CT molecular complexity index is 933. The third-order valence-electron chi connectivity index (χ3n) is 4.53. The second-order valence-electron chi connectivity index (χ2n) is 6.32. The standard InChI is InChI=1S/C18H18Cl2N6/c19-12-4-3-10(8-13(12)20)15-16(14-5-7-23-18(21)24-14)26-17(25-15)11-2-1-6-22-9-11/h3-5,7-8,11,22H,1-2,6,9H2,(H,25,26)(H2,21,23,24). The number of H-pyrrole nitrogens is 1. The summed E-state index contributed by atoms with van der Waals surface area (Å²) >= 11 is 12.3. The molecule has 4 rings (SSSR count). The number of nitrogens with zero attached hydrogens (tertiary/aromatic N) is 3. The average Bonchev–Trinajstić information content (AvgIpc) is 3.10. The Kier molecular flexibility index (Phi) is 4.80. The van der Waals surface area contributed by atoms with Gasteiger partial charge in [-0.3, -0.25) is 0 Å². The van der Waals surface area contributed by atoms with Gasteiger partial charge in [0.1, 0.15) is 5.82 Å². The number of nitrogens with two attached hydrogens (primary N) is 1. The average molecular weight is 389 g/mol. The Labute approximate surface area is 161 Å². The molecule has 4 N–H and O–H groups in total. The molecule has 3 heterocycles. The molecule has 2 aromatic heterocycles. The topological polar surface area (TPSA) is 92.5 Å². The summed E-state index contributed by atoms with van der Waals surface area (Å²) in [6, 6.07) is 7.31. The molecule has 1 saturated heterocycles. The molecule has 3 aromatic rings. The number of rotatable bonds is 3. The number of imidazole rings is 1. The van der Waals surface area contributed by atoms with Crippen molar-refractivity contribution in [3.63, 3.8) is 0 Å². The third-order valence-corrected chi connectivity index (χ3v) is 5.27. The maximum Gasteiger partial charge on any atom is 0.220 e. The Morgan fingerprint density at radius 3 is 2.73 bits per heavy atom. The smallest absolute Gasteiger partial charge is 0.220 e. The first-order valence-corrected chi connectivity index (χ1v) is 9.22. The highest BCUT2D eigenvalue weighted by Gasteiger charge is 2.23. The summed E-state index contributed by atoms with van der Waals surface area (Å²) in [6.07, 6.45) is 3.86. The number of nitrogen functional groups attached to an aromatic ring is 1. The molecule has 0 spiro atoms. The van der Waals surface area contributed by atoms with Crippen molar-refractivity contribution in [3.05, 3.63) is 46.3 Å². The van der Waals surface area contributed by atoms with Crippen molar-refractivity contribution in [2.45, 2.75) is 18.8 Å². The number of piperidine rings is 1. The van der Waals surface area contributed by atoms with Gasteiger partial charge in [0.25, 0.3) is 0 Å². The molecule has 0 radical (unpaired) electrons. The quantitative estimate of drug-likeness (QED) is 0.632. The highest BCUT2D eigenvalue weighted by molar-refractivity contribution is 6.42. The molecule has 0 saturated carbocycles. The zero-order chi connectivity index (χ0) is 18.1. The first kappa shape index (κ1) is 17.3. The molecule has 0 amide bonds. The molecule has 6 nitrogen and oxygen atoms in total. The summed E-state index contributed by atoms with van der Waals surface area (Å²) < 4.78 is 0. The zero-order valence-corrected chi connectivity index (χ0v) is 15.5. The van der Waals surface area contributed by atoms with Gasteiger partial charge in [0, 0.05) is 24.2 Å². The fourth-order valence-electron chi connectivity index (χ4n) is 3.22. The minimum Gasteiger partial charge on any atom is -0.368 e. The Balaban J connectivity index is 1.84. The van der Waals surface area contributed by atoms with Crippen LogP contribution in [0.3, 0.4) is 0 Å². The van der Waals surface area contributed by atoms with Crippen molar-refractivity contribution in [3.8, 4) is 22.6 Å². The van der Waals surface area contributed by atoms with E-state index in [0.29, 0.717) is 21.7 Å². The molecule has 8 heteroatoms. The van der Waals surface area contributed by atoms with Crippen molar-refractivity contribution < 1.29 is 0 Å². The van der Waals surface area contributed by atoms with Crippen LogP contribution in [0, 0.1) is 0 Å². The molecular weight excluding hydrogens is 371 g/mol. The second-order valence-corrected chi connectivity index (χ2v) is 7.13. The Morgan fingerprint density at radius 1 is 1.12 bits per heavy atom. The summed E-state index contributed by atoms with van der Waals surface area (Å²) in [5.74, 6) is 1.49. The van der Waals surface area contributed by atoms with Gasteiger partial charge in [-0.2, -0.15) is 0 Å². The predicted molar refractivity (Wildman–Crippen MR) is 104 cm³/mol.